The van der Waals surface area contributed by atoms with Gasteiger partial charge in [-0.2, -0.15) is 0 Å². The van der Waals surface area contributed by atoms with Crippen molar-refractivity contribution in [3.05, 3.63) is 33.2 Å². The zero-order valence-electron chi connectivity index (χ0n) is 10.8. The van der Waals surface area contributed by atoms with Crippen LogP contribution in [0.4, 0.5) is 15.5 Å². The molecule has 1 heterocycles. The van der Waals surface area contributed by atoms with Crippen LogP contribution in [0.2, 0.25) is 0 Å². The van der Waals surface area contributed by atoms with Crippen LogP contribution in [-0.4, -0.2) is 4.98 Å². The van der Waals surface area contributed by atoms with Gasteiger partial charge >= 0.3 is 0 Å². The molecule has 8 heteroatoms. The summed E-state index contributed by atoms with van der Waals surface area (Å²) in [6.07, 6.45) is 3.00. The molecule has 0 aromatic carbocycles. The van der Waals surface area contributed by atoms with Gasteiger partial charge in [-0.05, 0) is 40.9 Å². The summed E-state index contributed by atoms with van der Waals surface area (Å²) in [7, 11) is -8.58. The maximum absolute atomic E-state index is 14.0. The largest absolute Gasteiger partial charge is 0.242 e. The number of rotatable bonds is 6. The number of nitrogens with zero attached hydrogens (tertiary/aromatic N) is 1. The monoisotopic (exact) mass is 395 g/mol. The van der Waals surface area contributed by atoms with Gasteiger partial charge in [0.25, 0.3) is 0 Å². The van der Waals surface area contributed by atoms with E-state index in [0.717, 1.165) is 25.1 Å². The van der Waals surface area contributed by atoms with Gasteiger partial charge in [0.1, 0.15) is 0 Å². The predicted molar refractivity (Wildman–Crippen MR) is 80.3 cm³/mol. The molecule has 0 saturated carbocycles. The molecular weight excluding hydrogens is 382 g/mol. The summed E-state index contributed by atoms with van der Waals surface area (Å²) in [5, 5.41) is -2.45. The Balaban J connectivity index is 3.13. The SMILES string of the molecule is CCCCC/C(Cl)=C\S(F)(F)(F)(F)c1ccc(Br)cn1. The Labute approximate surface area is 129 Å². The number of hydrogen-bond donors (Lipinski definition) is 0. The number of pyridine rings is 1. The van der Waals surface area contributed by atoms with Crippen molar-refractivity contribution in [2.75, 3.05) is 0 Å². The Kier molecular flexibility index (Phi) is 4.89. The quantitative estimate of drug-likeness (QED) is 0.364. The minimum Gasteiger partial charge on any atom is -0.242 e. The van der Waals surface area contributed by atoms with E-state index in [2.05, 4.69) is 20.9 Å². The molecular formula is C12H15BrClF4NS. The molecule has 0 N–H and O–H groups in total. The van der Waals surface area contributed by atoms with Crippen LogP contribution in [0.1, 0.15) is 32.6 Å². The van der Waals surface area contributed by atoms with Crippen molar-refractivity contribution in [3.63, 3.8) is 0 Å². The van der Waals surface area contributed by atoms with E-state index in [0.29, 0.717) is 17.0 Å². The average molecular weight is 397 g/mol. The average Bonchev–Trinajstić information content (AvgIpc) is 2.27. The highest BCUT2D eigenvalue weighted by Crippen LogP contribution is 3.01. The highest BCUT2D eigenvalue weighted by Gasteiger charge is 2.64. The molecule has 116 valence electrons. The third-order valence-electron chi connectivity index (χ3n) is 2.52. The zero-order chi connectivity index (χ0) is 15.5. The Morgan fingerprint density at radius 1 is 1.30 bits per heavy atom. The van der Waals surface area contributed by atoms with Gasteiger partial charge in [-0.25, -0.2) is 4.98 Å². The van der Waals surface area contributed by atoms with Crippen molar-refractivity contribution in [1.29, 1.82) is 0 Å². The molecule has 0 bridgehead atoms. The fraction of sp³-hybridized carbons (Fsp3) is 0.417. The lowest BCUT2D eigenvalue weighted by Gasteiger charge is -2.46. The van der Waals surface area contributed by atoms with Gasteiger partial charge in [-0.1, -0.05) is 31.4 Å². The molecule has 0 unspecified atom stereocenters. The third-order valence-corrected chi connectivity index (χ3v) is 5.29. The second-order valence-corrected chi connectivity index (χ2v) is 8.79. The normalized spacial score (nSPS) is 16.6. The highest BCUT2D eigenvalue weighted by atomic mass is 79.9. The summed E-state index contributed by atoms with van der Waals surface area (Å²) in [5.41, 5.74) is 0. The molecule has 20 heavy (non-hydrogen) atoms. The lowest BCUT2D eigenvalue weighted by Crippen LogP contribution is -2.12. The Morgan fingerprint density at radius 3 is 2.45 bits per heavy atom. The molecule has 0 radical (unpaired) electrons. The van der Waals surface area contributed by atoms with Crippen molar-refractivity contribution in [1.82, 2.24) is 4.98 Å². The molecule has 0 aliphatic carbocycles. The summed E-state index contributed by atoms with van der Waals surface area (Å²) in [6, 6.07) is 1.71. The lowest BCUT2D eigenvalue weighted by molar-refractivity contribution is 0.458. The van der Waals surface area contributed by atoms with Crippen LogP contribution in [-0.2, 0) is 0 Å². The van der Waals surface area contributed by atoms with E-state index in [4.69, 9.17) is 11.6 Å². The summed E-state index contributed by atoms with van der Waals surface area (Å²) in [6.45, 7) is 1.92. The van der Waals surface area contributed by atoms with Gasteiger partial charge in [0, 0.05) is 15.7 Å². The molecule has 0 saturated heterocycles. The third kappa shape index (κ3) is 4.93. The first-order valence-electron chi connectivity index (χ1n) is 5.97. The Morgan fingerprint density at radius 2 is 1.95 bits per heavy atom. The van der Waals surface area contributed by atoms with Gasteiger partial charge in [0.2, 0.25) is 9.84 Å². The van der Waals surface area contributed by atoms with Crippen molar-refractivity contribution in [2.24, 2.45) is 0 Å². The molecule has 0 aliphatic heterocycles. The number of unbranched alkanes of at least 4 members (excludes halogenated alkanes) is 2. The number of hydrogen-bond acceptors (Lipinski definition) is 1. The smallest absolute Gasteiger partial charge is 0.219 e. The van der Waals surface area contributed by atoms with Gasteiger partial charge < -0.3 is 0 Å². The molecule has 1 aromatic rings. The summed E-state index contributed by atoms with van der Waals surface area (Å²) >= 11 is 8.51. The van der Waals surface area contributed by atoms with E-state index < -0.39 is 19.9 Å². The topological polar surface area (TPSA) is 12.9 Å². The van der Waals surface area contributed by atoms with E-state index in [1.807, 2.05) is 6.92 Å². The number of halogens is 6. The van der Waals surface area contributed by atoms with Crippen molar-refractivity contribution < 1.29 is 15.5 Å². The maximum atomic E-state index is 14.0. The van der Waals surface area contributed by atoms with Crippen LogP contribution in [0, 0.1) is 0 Å². The Bertz CT molecular complexity index is 511. The van der Waals surface area contributed by atoms with Gasteiger partial charge in [0.05, 0.1) is 5.41 Å². The molecule has 0 fully saturated rings. The number of allylic oxidation sites excluding steroid dienone is 1. The predicted octanol–water partition coefficient (Wildman–Crippen LogP) is 7.28. The number of aromatic nitrogens is 1. The van der Waals surface area contributed by atoms with Crippen molar-refractivity contribution in [3.8, 4) is 0 Å². The van der Waals surface area contributed by atoms with Crippen molar-refractivity contribution in [2.45, 2.75) is 37.6 Å². The summed E-state index contributed by atoms with van der Waals surface area (Å²) < 4.78 is 56.2. The van der Waals surface area contributed by atoms with Crippen LogP contribution >= 0.6 is 37.4 Å². The first kappa shape index (κ1) is 17.8. The minimum atomic E-state index is -8.58. The Hall–Kier alpha value is -0.270. The highest BCUT2D eigenvalue weighted by molar-refractivity contribution is 9.10. The molecule has 1 aromatic heterocycles. The molecule has 0 aliphatic rings. The zero-order valence-corrected chi connectivity index (χ0v) is 13.9. The summed E-state index contributed by atoms with van der Waals surface area (Å²) in [4.78, 5) is 3.15. The van der Waals surface area contributed by atoms with Crippen LogP contribution in [0.5, 0.6) is 0 Å². The van der Waals surface area contributed by atoms with E-state index in [-0.39, 0.29) is 11.8 Å². The van der Waals surface area contributed by atoms with Gasteiger partial charge in [0.15, 0.2) is 5.03 Å². The molecule has 0 atom stereocenters. The second kappa shape index (κ2) is 5.50. The first-order valence-corrected chi connectivity index (χ1v) is 9.25. The standard InChI is InChI=1S/C12H15BrClF4NS/c1-2-3-4-5-11(14)9-20(15,16,17,18)12-7-6-10(13)8-19-12/h6-9H,2-5H2,1H3/b11-9+. The second-order valence-electron chi connectivity index (χ2n) is 4.47. The molecule has 0 amide bonds. The van der Waals surface area contributed by atoms with E-state index in [1.54, 1.807) is 0 Å². The van der Waals surface area contributed by atoms with E-state index in [1.165, 1.54) is 0 Å². The van der Waals surface area contributed by atoms with E-state index >= 15 is 0 Å². The summed E-state index contributed by atoms with van der Waals surface area (Å²) in [5.74, 6) is 0. The first-order chi connectivity index (χ1) is 8.97. The fourth-order valence-corrected chi connectivity index (χ4v) is 3.82. The van der Waals surface area contributed by atoms with Gasteiger partial charge in [-0.15, -0.1) is 15.5 Å². The van der Waals surface area contributed by atoms with Crippen molar-refractivity contribution >= 4 is 37.4 Å². The molecule has 1 nitrogen and oxygen atoms in total. The van der Waals surface area contributed by atoms with Crippen LogP contribution < -0.4 is 0 Å². The molecule has 0 spiro atoms. The van der Waals surface area contributed by atoms with Crippen LogP contribution in [0.3, 0.4) is 0 Å². The van der Waals surface area contributed by atoms with E-state index in [9.17, 15) is 15.5 Å². The lowest BCUT2D eigenvalue weighted by atomic mass is 10.2. The molecule has 1 rings (SSSR count). The fourth-order valence-electron chi connectivity index (χ4n) is 1.53. The van der Waals surface area contributed by atoms with Gasteiger partial charge in [-0.3, -0.25) is 0 Å². The van der Waals surface area contributed by atoms with Crippen LogP contribution in [0.25, 0.3) is 0 Å². The minimum absolute atomic E-state index is 0.00754. The maximum Gasteiger partial charge on any atom is 0.219 e. The van der Waals surface area contributed by atoms with Crippen LogP contribution in [0.15, 0.2) is 38.3 Å².